The van der Waals surface area contributed by atoms with Crippen molar-refractivity contribution in [3.63, 3.8) is 0 Å². The SMILES string of the molecule is COc1ccc(C(NC(=O)c2[nH]c3ccc(C)cc3c2C)C2CC(O)C2)cn1. The fourth-order valence-electron chi connectivity index (χ4n) is 3.95. The van der Waals surface area contributed by atoms with Crippen LogP contribution < -0.4 is 10.1 Å². The van der Waals surface area contributed by atoms with Crippen molar-refractivity contribution in [3.8, 4) is 5.88 Å². The number of hydrogen-bond donors (Lipinski definition) is 3. The zero-order valence-corrected chi connectivity index (χ0v) is 16.3. The van der Waals surface area contributed by atoms with Crippen LogP contribution in [0.25, 0.3) is 10.9 Å². The van der Waals surface area contributed by atoms with E-state index >= 15 is 0 Å². The van der Waals surface area contributed by atoms with E-state index in [1.165, 1.54) is 0 Å². The predicted octanol–water partition coefficient (Wildman–Crippen LogP) is 3.43. The largest absolute Gasteiger partial charge is 0.481 e. The van der Waals surface area contributed by atoms with E-state index in [4.69, 9.17) is 4.74 Å². The van der Waals surface area contributed by atoms with Crippen molar-refractivity contribution < 1.29 is 14.6 Å². The number of aromatic amines is 1. The highest BCUT2D eigenvalue weighted by molar-refractivity contribution is 6.01. The molecule has 3 aromatic rings. The second kappa shape index (κ2) is 7.28. The maximum absolute atomic E-state index is 13.1. The number of nitrogens with zero attached hydrogens (tertiary/aromatic N) is 1. The standard InChI is InChI=1S/C22H25N3O3/c1-12-4-6-18-17(8-12)13(2)20(24-18)22(27)25-21(15-9-16(26)10-15)14-5-7-19(28-3)23-11-14/h4-8,11,15-16,21,24,26H,9-10H2,1-3H3,(H,25,27). The third-order valence-electron chi connectivity index (χ3n) is 5.68. The van der Waals surface area contributed by atoms with E-state index in [1.807, 2.05) is 32.0 Å². The Morgan fingerprint density at radius 2 is 2.07 bits per heavy atom. The number of amides is 1. The van der Waals surface area contributed by atoms with Crippen LogP contribution in [0.1, 0.15) is 46.1 Å². The molecular weight excluding hydrogens is 354 g/mol. The Kier molecular flexibility index (Phi) is 4.81. The molecular formula is C22H25N3O3. The Labute approximate surface area is 163 Å². The topological polar surface area (TPSA) is 87.2 Å². The van der Waals surface area contributed by atoms with Gasteiger partial charge in [0.05, 0.1) is 19.3 Å². The molecule has 1 unspecified atom stereocenters. The lowest BCUT2D eigenvalue weighted by atomic mass is 9.75. The number of H-pyrrole nitrogens is 1. The predicted molar refractivity (Wildman–Crippen MR) is 107 cm³/mol. The van der Waals surface area contributed by atoms with Crippen LogP contribution in [-0.4, -0.2) is 34.2 Å². The Morgan fingerprint density at radius 3 is 2.71 bits per heavy atom. The van der Waals surface area contributed by atoms with Gasteiger partial charge in [-0.05, 0) is 55.9 Å². The summed E-state index contributed by atoms with van der Waals surface area (Å²) in [6.07, 6.45) is 2.77. The number of aliphatic hydroxyl groups excluding tert-OH is 1. The summed E-state index contributed by atoms with van der Waals surface area (Å²) in [5.74, 6) is 0.568. The lowest BCUT2D eigenvalue weighted by Crippen LogP contribution is -2.41. The number of methoxy groups -OCH3 is 1. The molecule has 0 saturated heterocycles. The summed E-state index contributed by atoms with van der Waals surface area (Å²) in [5, 5.41) is 14.0. The molecule has 146 valence electrons. The van der Waals surface area contributed by atoms with Crippen LogP contribution in [-0.2, 0) is 0 Å². The fraction of sp³-hybridized carbons (Fsp3) is 0.364. The molecule has 6 nitrogen and oxygen atoms in total. The minimum Gasteiger partial charge on any atom is -0.481 e. The van der Waals surface area contributed by atoms with Crippen LogP contribution in [0, 0.1) is 19.8 Å². The number of pyridine rings is 1. The van der Waals surface area contributed by atoms with Gasteiger partial charge in [0.2, 0.25) is 5.88 Å². The third kappa shape index (κ3) is 3.36. The number of rotatable bonds is 5. The molecule has 2 aromatic heterocycles. The average molecular weight is 379 g/mol. The molecule has 6 heteroatoms. The van der Waals surface area contributed by atoms with Gasteiger partial charge in [0.1, 0.15) is 5.69 Å². The number of fused-ring (bicyclic) bond motifs is 1. The molecule has 0 radical (unpaired) electrons. The van der Waals surface area contributed by atoms with Crippen LogP contribution in [0.15, 0.2) is 36.5 Å². The minimum absolute atomic E-state index is 0.145. The summed E-state index contributed by atoms with van der Waals surface area (Å²) in [4.78, 5) is 20.6. The first-order valence-electron chi connectivity index (χ1n) is 9.54. The number of aryl methyl sites for hydroxylation is 2. The molecule has 1 aliphatic carbocycles. The highest BCUT2D eigenvalue weighted by Gasteiger charge is 2.36. The van der Waals surface area contributed by atoms with Gasteiger partial charge in [0, 0.05) is 23.2 Å². The molecule has 1 saturated carbocycles. The van der Waals surface area contributed by atoms with Crippen molar-refractivity contribution in [2.75, 3.05) is 7.11 Å². The van der Waals surface area contributed by atoms with Gasteiger partial charge in [-0.2, -0.15) is 0 Å². The molecule has 1 aliphatic rings. The molecule has 4 rings (SSSR count). The number of carbonyl (C=O) groups excluding carboxylic acids is 1. The fourth-order valence-corrected chi connectivity index (χ4v) is 3.95. The van der Waals surface area contributed by atoms with Gasteiger partial charge >= 0.3 is 0 Å². The highest BCUT2D eigenvalue weighted by atomic mass is 16.5. The zero-order valence-electron chi connectivity index (χ0n) is 16.3. The van der Waals surface area contributed by atoms with E-state index in [9.17, 15) is 9.90 Å². The van der Waals surface area contributed by atoms with Crippen LogP contribution >= 0.6 is 0 Å². The molecule has 1 amide bonds. The van der Waals surface area contributed by atoms with Crippen molar-refractivity contribution in [2.45, 2.75) is 38.8 Å². The average Bonchev–Trinajstić information content (AvgIpc) is 3.00. The van der Waals surface area contributed by atoms with E-state index in [1.54, 1.807) is 19.4 Å². The maximum Gasteiger partial charge on any atom is 0.268 e. The van der Waals surface area contributed by atoms with E-state index in [-0.39, 0.29) is 24.0 Å². The zero-order chi connectivity index (χ0) is 19.8. The van der Waals surface area contributed by atoms with Crippen molar-refractivity contribution in [1.82, 2.24) is 15.3 Å². The molecule has 0 aliphatic heterocycles. The van der Waals surface area contributed by atoms with Gasteiger partial charge in [0.25, 0.3) is 5.91 Å². The van der Waals surface area contributed by atoms with Gasteiger partial charge in [-0.1, -0.05) is 17.7 Å². The summed E-state index contributed by atoms with van der Waals surface area (Å²) in [5.41, 5.74) is 4.54. The Hall–Kier alpha value is -2.86. The molecule has 3 N–H and O–H groups in total. The number of carbonyl (C=O) groups is 1. The summed E-state index contributed by atoms with van der Waals surface area (Å²) in [6.45, 7) is 4.00. The molecule has 0 spiro atoms. The third-order valence-corrected chi connectivity index (χ3v) is 5.68. The maximum atomic E-state index is 13.1. The Bertz CT molecular complexity index is 1000. The van der Waals surface area contributed by atoms with Crippen molar-refractivity contribution >= 4 is 16.8 Å². The smallest absolute Gasteiger partial charge is 0.268 e. The van der Waals surface area contributed by atoms with E-state index < -0.39 is 0 Å². The number of hydrogen-bond acceptors (Lipinski definition) is 4. The van der Waals surface area contributed by atoms with Gasteiger partial charge in [-0.15, -0.1) is 0 Å². The molecule has 28 heavy (non-hydrogen) atoms. The van der Waals surface area contributed by atoms with Gasteiger partial charge in [-0.25, -0.2) is 4.98 Å². The molecule has 1 aromatic carbocycles. The first-order valence-corrected chi connectivity index (χ1v) is 9.54. The number of aromatic nitrogens is 2. The molecule has 0 bridgehead atoms. The van der Waals surface area contributed by atoms with Crippen LogP contribution in [0.5, 0.6) is 5.88 Å². The minimum atomic E-state index is -0.298. The number of ether oxygens (including phenoxy) is 1. The quantitative estimate of drug-likeness (QED) is 0.634. The van der Waals surface area contributed by atoms with E-state index in [0.29, 0.717) is 24.4 Å². The lowest BCUT2D eigenvalue weighted by Gasteiger charge is -2.38. The summed E-state index contributed by atoms with van der Waals surface area (Å²) < 4.78 is 5.13. The van der Waals surface area contributed by atoms with Crippen LogP contribution in [0.3, 0.4) is 0 Å². The second-order valence-electron chi connectivity index (χ2n) is 7.64. The van der Waals surface area contributed by atoms with E-state index in [0.717, 1.165) is 27.6 Å². The van der Waals surface area contributed by atoms with Gasteiger partial charge < -0.3 is 20.1 Å². The first-order chi connectivity index (χ1) is 13.5. The number of aliphatic hydroxyl groups is 1. The molecule has 1 atom stereocenters. The van der Waals surface area contributed by atoms with Crippen LogP contribution in [0.4, 0.5) is 0 Å². The first kappa shape index (κ1) is 18.5. The van der Waals surface area contributed by atoms with Crippen LogP contribution in [0.2, 0.25) is 0 Å². The summed E-state index contributed by atoms with van der Waals surface area (Å²) in [6, 6.07) is 9.62. The van der Waals surface area contributed by atoms with Crippen molar-refractivity contribution in [2.24, 2.45) is 5.92 Å². The summed E-state index contributed by atoms with van der Waals surface area (Å²) >= 11 is 0. The van der Waals surface area contributed by atoms with Gasteiger partial charge in [0.15, 0.2) is 0 Å². The molecule has 2 heterocycles. The molecule has 1 fully saturated rings. The monoisotopic (exact) mass is 379 g/mol. The number of nitrogens with one attached hydrogen (secondary N) is 2. The highest BCUT2D eigenvalue weighted by Crippen LogP contribution is 2.38. The Balaban J connectivity index is 1.62. The van der Waals surface area contributed by atoms with Gasteiger partial charge in [-0.3, -0.25) is 4.79 Å². The van der Waals surface area contributed by atoms with Crippen molar-refractivity contribution in [3.05, 3.63) is 58.9 Å². The normalized spacial score (nSPS) is 19.9. The van der Waals surface area contributed by atoms with Crippen molar-refractivity contribution in [1.29, 1.82) is 0 Å². The second-order valence-corrected chi connectivity index (χ2v) is 7.64. The lowest BCUT2D eigenvalue weighted by molar-refractivity contribution is 0.0234. The Morgan fingerprint density at radius 1 is 1.29 bits per heavy atom. The summed E-state index contributed by atoms with van der Waals surface area (Å²) in [7, 11) is 1.57. The van der Waals surface area contributed by atoms with E-state index in [2.05, 4.69) is 21.4 Å². The number of benzene rings is 1.